The van der Waals surface area contributed by atoms with E-state index >= 15 is 0 Å². The average molecular weight is 476 g/mol. The van der Waals surface area contributed by atoms with Gasteiger partial charge in [-0.05, 0) is 36.2 Å². The summed E-state index contributed by atoms with van der Waals surface area (Å²) in [5.74, 6) is -1.16. The third-order valence-corrected chi connectivity index (χ3v) is 7.20. The zero-order valence-electron chi connectivity index (χ0n) is 16.8. The van der Waals surface area contributed by atoms with Crippen LogP contribution in [0.4, 0.5) is 0 Å². The van der Waals surface area contributed by atoms with Crippen LogP contribution in [0, 0.1) is 0 Å². The van der Waals surface area contributed by atoms with Gasteiger partial charge in [-0.25, -0.2) is 8.42 Å². The van der Waals surface area contributed by atoms with Gasteiger partial charge in [0.25, 0.3) is 0 Å². The van der Waals surface area contributed by atoms with Crippen molar-refractivity contribution < 1.29 is 23.7 Å². The summed E-state index contributed by atoms with van der Waals surface area (Å²) in [6, 6.07) is 6.35. The molecular weight excluding hydrogens is 449 g/mol. The van der Waals surface area contributed by atoms with E-state index in [2.05, 4.69) is 6.92 Å². The van der Waals surface area contributed by atoms with Gasteiger partial charge in [0.2, 0.25) is 10.0 Å². The third-order valence-electron chi connectivity index (χ3n) is 4.78. The summed E-state index contributed by atoms with van der Waals surface area (Å²) in [5, 5.41) is 29.1. The van der Waals surface area contributed by atoms with Gasteiger partial charge in [-0.3, -0.25) is 0 Å². The molecule has 0 saturated heterocycles. The first kappa shape index (κ1) is 24.6. The zero-order valence-corrected chi connectivity index (χ0v) is 19.1. The van der Waals surface area contributed by atoms with Gasteiger partial charge in [-0.1, -0.05) is 62.2 Å². The van der Waals surface area contributed by atoms with Gasteiger partial charge in [0.1, 0.15) is 0 Å². The van der Waals surface area contributed by atoms with Crippen LogP contribution in [0.5, 0.6) is 17.2 Å². The number of unbranched alkanes of at least 4 members (excludes halogenated alkanes) is 5. The molecule has 0 unspecified atom stereocenters. The standard InChI is InChI=1S/C21H27Cl2NO5S/c1-2-3-4-5-6-7-10-24(14-15-11-17(22)21(27)18(23)12-15)30(28,29)16-8-9-19(25)20(26)13-16/h8-9,11-13,25-27H,2-7,10,14H2,1H3. The Bertz CT molecular complexity index is 943. The molecular formula is C21H27Cl2NO5S. The number of nitrogens with zero attached hydrogens (tertiary/aromatic N) is 1. The number of hydrogen-bond acceptors (Lipinski definition) is 5. The normalized spacial score (nSPS) is 11.9. The Balaban J connectivity index is 2.26. The molecule has 0 aliphatic rings. The van der Waals surface area contributed by atoms with E-state index in [1.165, 1.54) is 22.5 Å². The van der Waals surface area contributed by atoms with Crippen molar-refractivity contribution in [3.05, 3.63) is 45.9 Å². The van der Waals surface area contributed by atoms with Gasteiger partial charge in [0.05, 0.1) is 14.9 Å². The maximum absolute atomic E-state index is 13.2. The Kier molecular flexibility index (Phi) is 9.09. The Morgan fingerprint density at radius 3 is 2.07 bits per heavy atom. The van der Waals surface area contributed by atoms with E-state index in [0.717, 1.165) is 44.2 Å². The molecule has 2 aromatic carbocycles. The molecule has 0 heterocycles. The van der Waals surface area contributed by atoms with Gasteiger partial charge < -0.3 is 15.3 Å². The lowest BCUT2D eigenvalue weighted by Crippen LogP contribution is -2.31. The van der Waals surface area contributed by atoms with Crippen molar-refractivity contribution in [2.24, 2.45) is 0 Å². The molecule has 3 N–H and O–H groups in total. The van der Waals surface area contributed by atoms with Crippen LogP contribution in [0.25, 0.3) is 0 Å². The topological polar surface area (TPSA) is 98.1 Å². The van der Waals surface area contributed by atoms with Gasteiger partial charge in [0.15, 0.2) is 17.2 Å². The number of phenols is 3. The van der Waals surface area contributed by atoms with Crippen molar-refractivity contribution in [2.75, 3.05) is 6.54 Å². The molecule has 0 amide bonds. The molecule has 0 spiro atoms. The van der Waals surface area contributed by atoms with Crippen LogP contribution in [0.3, 0.4) is 0 Å². The predicted octanol–water partition coefficient (Wildman–Crippen LogP) is 5.66. The SMILES string of the molecule is CCCCCCCCN(Cc1cc(Cl)c(O)c(Cl)c1)S(=O)(=O)c1ccc(O)c(O)c1. The van der Waals surface area contributed by atoms with Crippen molar-refractivity contribution in [1.29, 1.82) is 0 Å². The smallest absolute Gasteiger partial charge is 0.243 e. The molecule has 0 fully saturated rings. The summed E-state index contributed by atoms with van der Waals surface area (Å²) < 4.78 is 27.7. The van der Waals surface area contributed by atoms with E-state index in [1.807, 2.05) is 0 Å². The quantitative estimate of drug-likeness (QED) is 0.287. The summed E-state index contributed by atoms with van der Waals surface area (Å²) in [4.78, 5) is -0.125. The molecule has 0 aliphatic heterocycles. The molecule has 166 valence electrons. The van der Waals surface area contributed by atoms with Crippen molar-refractivity contribution >= 4 is 33.2 Å². The molecule has 0 bridgehead atoms. The molecule has 9 heteroatoms. The Labute approximate surface area is 187 Å². The van der Waals surface area contributed by atoms with Gasteiger partial charge in [0, 0.05) is 19.2 Å². The van der Waals surface area contributed by atoms with Crippen LogP contribution >= 0.6 is 23.2 Å². The number of benzene rings is 2. The second kappa shape index (κ2) is 11.1. The highest BCUT2D eigenvalue weighted by Crippen LogP contribution is 2.34. The Hall–Kier alpha value is -1.67. The zero-order chi connectivity index (χ0) is 22.3. The number of halogens is 2. The highest BCUT2D eigenvalue weighted by molar-refractivity contribution is 7.89. The molecule has 0 aliphatic carbocycles. The number of sulfonamides is 1. The summed E-state index contributed by atoms with van der Waals surface area (Å²) >= 11 is 12.0. The number of aromatic hydroxyl groups is 3. The third kappa shape index (κ3) is 6.41. The van der Waals surface area contributed by atoms with Crippen LogP contribution < -0.4 is 0 Å². The van der Waals surface area contributed by atoms with Crippen LogP contribution in [0.1, 0.15) is 51.0 Å². The van der Waals surface area contributed by atoms with E-state index in [-0.39, 0.29) is 33.8 Å². The summed E-state index contributed by atoms with van der Waals surface area (Å²) in [6.45, 7) is 2.40. The first-order chi connectivity index (χ1) is 14.2. The number of phenolic OH excluding ortho intramolecular Hbond substituents is 3. The van der Waals surface area contributed by atoms with Crippen LogP contribution in [-0.2, 0) is 16.6 Å². The molecule has 6 nitrogen and oxygen atoms in total. The van der Waals surface area contributed by atoms with Crippen LogP contribution in [-0.4, -0.2) is 34.6 Å². The number of hydrogen-bond donors (Lipinski definition) is 3. The fraction of sp³-hybridized carbons (Fsp3) is 0.429. The fourth-order valence-electron chi connectivity index (χ4n) is 3.08. The molecule has 0 saturated carbocycles. The van der Waals surface area contributed by atoms with Crippen LogP contribution in [0.15, 0.2) is 35.2 Å². The lowest BCUT2D eigenvalue weighted by atomic mass is 10.1. The maximum atomic E-state index is 13.2. The lowest BCUT2D eigenvalue weighted by Gasteiger charge is -2.23. The highest BCUT2D eigenvalue weighted by atomic mass is 35.5. The van der Waals surface area contributed by atoms with Crippen molar-refractivity contribution in [3.63, 3.8) is 0 Å². The van der Waals surface area contributed by atoms with E-state index in [1.54, 1.807) is 0 Å². The molecule has 30 heavy (non-hydrogen) atoms. The average Bonchev–Trinajstić information content (AvgIpc) is 2.69. The van der Waals surface area contributed by atoms with E-state index < -0.39 is 21.5 Å². The molecule has 2 rings (SSSR count). The Morgan fingerprint density at radius 1 is 0.867 bits per heavy atom. The Morgan fingerprint density at radius 2 is 1.47 bits per heavy atom. The monoisotopic (exact) mass is 475 g/mol. The second-order valence-electron chi connectivity index (χ2n) is 7.16. The second-order valence-corrected chi connectivity index (χ2v) is 9.92. The lowest BCUT2D eigenvalue weighted by molar-refractivity contribution is 0.388. The fourth-order valence-corrected chi connectivity index (χ4v) is 5.10. The van der Waals surface area contributed by atoms with E-state index in [0.29, 0.717) is 12.0 Å². The summed E-state index contributed by atoms with van der Waals surface area (Å²) in [7, 11) is -3.96. The largest absolute Gasteiger partial charge is 0.505 e. The summed E-state index contributed by atoms with van der Waals surface area (Å²) in [6.07, 6.45) is 5.99. The minimum Gasteiger partial charge on any atom is -0.505 e. The summed E-state index contributed by atoms with van der Waals surface area (Å²) in [5.41, 5.74) is 0.528. The predicted molar refractivity (Wildman–Crippen MR) is 119 cm³/mol. The molecule has 2 aromatic rings. The van der Waals surface area contributed by atoms with E-state index in [4.69, 9.17) is 23.2 Å². The molecule has 0 atom stereocenters. The minimum atomic E-state index is -3.96. The minimum absolute atomic E-state index is 0.00134. The maximum Gasteiger partial charge on any atom is 0.243 e. The molecule has 0 radical (unpaired) electrons. The van der Waals surface area contributed by atoms with Gasteiger partial charge in [-0.15, -0.1) is 0 Å². The van der Waals surface area contributed by atoms with Gasteiger partial charge >= 0.3 is 0 Å². The highest BCUT2D eigenvalue weighted by Gasteiger charge is 2.26. The van der Waals surface area contributed by atoms with Crippen LogP contribution in [0.2, 0.25) is 10.0 Å². The van der Waals surface area contributed by atoms with E-state index in [9.17, 15) is 23.7 Å². The van der Waals surface area contributed by atoms with Crippen molar-refractivity contribution in [3.8, 4) is 17.2 Å². The first-order valence-corrected chi connectivity index (χ1v) is 12.1. The van der Waals surface area contributed by atoms with Gasteiger partial charge in [-0.2, -0.15) is 4.31 Å². The van der Waals surface area contributed by atoms with Crippen molar-refractivity contribution in [2.45, 2.75) is 56.9 Å². The van der Waals surface area contributed by atoms with Crippen molar-refractivity contribution in [1.82, 2.24) is 4.31 Å². The molecule has 0 aromatic heterocycles. The first-order valence-electron chi connectivity index (χ1n) is 9.85. The number of rotatable bonds is 11.